The molecular formula is C19H29NaO3. The summed E-state index contributed by atoms with van der Waals surface area (Å²) >= 11 is 0. The van der Waals surface area contributed by atoms with Crippen molar-refractivity contribution < 1.29 is 44.6 Å². The first kappa shape index (κ1) is 22.5. The van der Waals surface area contributed by atoms with E-state index >= 15 is 0 Å². The molecule has 0 heterocycles. The minimum atomic E-state index is -1.03. The molecular weight excluding hydrogens is 299 g/mol. The standard InChI is InChI=1S/C19H30O3.Na/c1-2-3-4-5-6-7-8-9-10-11-12-16-13-17(19(21)22)15-18(20)14-16;/h13-15,20H,2-12H2,1H3,(H,21,22);/q;+1/p-1. The van der Waals surface area contributed by atoms with E-state index in [-0.39, 0.29) is 40.9 Å². The van der Waals surface area contributed by atoms with Crippen molar-refractivity contribution in [2.24, 2.45) is 0 Å². The van der Waals surface area contributed by atoms with Gasteiger partial charge in [-0.3, -0.25) is 0 Å². The zero-order chi connectivity index (χ0) is 16.2. The minimum Gasteiger partial charge on any atom is -0.872 e. The second-order valence-electron chi connectivity index (χ2n) is 6.10. The van der Waals surface area contributed by atoms with Crippen molar-refractivity contribution >= 4 is 5.97 Å². The van der Waals surface area contributed by atoms with Gasteiger partial charge in [-0.2, -0.15) is 0 Å². The molecule has 1 aromatic rings. The largest absolute Gasteiger partial charge is 1.00 e. The van der Waals surface area contributed by atoms with Crippen LogP contribution in [0.4, 0.5) is 0 Å². The molecule has 0 aliphatic carbocycles. The predicted molar refractivity (Wildman–Crippen MR) is 88.4 cm³/mol. The number of aromatic carboxylic acids is 1. The Bertz CT molecular complexity index is 446. The fourth-order valence-corrected chi connectivity index (χ4v) is 2.75. The van der Waals surface area contributed by atoms with Crippen LogP contribution in [0.2, 0.25) is 0 Å². The Kier molecular flexibility index (Phi) is 13.6. The number of carboxylic acids is 1. The summed E-state index contributed by atoms with van der Waals surface area (Å²) < 4.78 is 0. The molecule has 0 atom stereocenters. The number of carboxylic acid groups (broad SMARTS) is 1. The monoisotopic (exact) mass is 328 g/mol. The summed E-state index contributed by atoms with van der Waals surface area (Å²) in [6.45, 7) is 2.24. The van der Waals surface area contributed by atoms with Crippen LogP contribution in [0.5, 0.6) is 5.75 Å². The summed E-state index contributed by atoms with van der Waals surface area (Å²) in [5.41, 5.74) is 0.957. The summed E-state index contributed by atoms with van der Waals surface area (Å²) in [5, 5.41) is 20.4. The second-order valence-corrected chi connectivity index (χ2v) is 6.10. The zero-order valence-corrected chi connectivity index (χ0v) is 16.8. The van der Waals surface area contributed by atoms with E-state index in [0.717, 1.165) is 24.8 Å². The normalized spacial score (nSPS) is 10.3. The van der Waals surface area contributed by atoms with Gasteiger partial charge in [-0.25, -0.2) is 4.79 Å². The molecule has 0 aliphatic heterocycles. The average molecular weight is 328 g/mol. The number of carbonyl (C=O) groups is 1. The third kappa shape index (κ3) is 10.8. The maximum absolute atomic E-state index is 11.4. The first-order chi connectivity index (χ1) is 10.6. The minimum absolute atomic E-state index is 0. The molecule has 0 amide bonds. The Morgan fingerprint density at radius 1 is 0.913 bits per heavy atom. The van der Waals surface area contributed by atoms with Crippen molar-refractivity contribution in [3.05, 3.63) is 29.3 Å². The molecule has 3 nitrogen and oxygen atoms in total. The van der Waals surface area contributed by atoms with Gasteiger partial charge in [0.2, 0.25) is 0 Å². The molecule has 0 aliphatic rings. The van der Waals surface area contributed by atoms with Crippen molar-refractivity contribution in [2.75, 3.05) is 0 Å². The van der Waals surface area contributed by atoms with E-state index < -0.39 is 5.97 Å². The number of unbranched alkanes of at least 4 members (excludes halogenated alkanes) is 9. The van der Waals surface area contributed by atoms with Crippen molar-refractivity contribution in [3.63, 3.8) is 0 Å². The van der Waals surface area contributed by atoms with Gasteiger partial charge >= 0.3 is 35.5 Å². The Balaban J connectivity index is 0.00000484. The topological polar surface area (TPSA) is 60.4 Å². The molecule has 1 aromatic carbocycles. The van der Waals surface area contributed by atoms with Gasteiger partial charge in [-0.05, 0) is 24.5 Å². The van der Waals surface area contributed by atoms with Gasteiger partial charge in [0, 0.05) is 0 Å². The maximum Gasteiger partial charge on any atom is 1.00 e. The molecule has 0 bridgehead atoms. The van der Waals surface area contributed by atoms with E-state index in [1.807, 2.05) is 0 Å². The SMILES string of the molecule is CCCCCCCCCCCCc1cc([O-])cc(C(=O)O)c1.[Na+]. The molecule has 4 heteroatoms. The summed E-state index contributed by atoms with van der Waals surface area (Å²) in [6.07, 6.45) is 13.6. The van der Waals surface area contributed by atoms with E-state index in [0.29, 0.717) is 0 Å². The maximum atomic E-state index is 11.4. The van der Waals surface area contributed by atoms with Crippen LogP contribution in [-0.4, -0.2) is 11.1 Å². The fourth-order valence-electron chi connectivity index (χ4n) is 2.75. The van der Waals surface area contributed by atoms with E-state index in [1.54, 1.807) is 12.1 Å². The smallest absolute Gasteiger partial charge is 0.872 e. The van der Waals surface area contributed by atoms with E-state index in [9.17, 15) is 9.90 Å². The Morgan fingerprint density at radius 2 is 1.43 bits per heavy atom. The van der Waals surface area contributed by atoms with Gasteiger partial charge in [-0.1, -0.05) is 76.8 Å². The Morgan fingerprint density at radius 3 is 1.96 bits per heavy atom. The third-order valence-corrected chi connectivity index (χ3v) is 4.03. The first-order valence-electron chi connectivity index (χ1n) is 8.67. The Hall–Kier alpha value is -0.510. The number of rotatable bonds is 12. The van der Waals surface area contributed by atoms with Crippen LogP contribution in [0.1, 0.15) is 87.1 Å². The second kappa shape index (κ2) is 13.9. The number of aryl methyl sites for hydroxylation is 1. The molecule has 1 rings (SSSR count). The zero-order valence-electron chi connectivity index (χ0n) is 14.8. The third-order valence-electron chi connectivity index (χ3n) is 4.03. The number of hydrogen-bond acceptors (Lipinski definition) is 2. The van der Waals surface area contributed by atoms with Gasteiger partial charge in [0.1, 0.15) is 0 Å². The molecule has 23 heavy (non-hydrogen) atoms. The van der Waals surface area contributed by atoms with Crippen LogP contribution in [0.25, 0.3) is 0 Å². The number of hydrogen-bond donors (Lipinski definition) is 1. The van der Waals surface area contributed by atoms with Crippen LogP contribution in [-0.2, 0) is 6.42 Å². The average Bonchev–Trinajstić information content (AvgIpc) is 2.48. The molecule has 0 aromatic heterocycles. The molecule has 0 radical (unpaired) electrons. The molecule has 0 fully saturated rings. The quantitative estimate of drug-likeness (QED) is 0.471. The molecule has 1 N–H and O–H groups in total. The number of benzene rings is 1. The summed E-state index contributed by atoms with van der Waals surface area (Å²) in [6, 6.07) is 4.36. The van der Waals surface area contributed by atoms with Crippen LogP contribution in [0, 0.1) is 0 Å². The van der Waals surface area contributed by atoms with Gasteiger partial charge < -0.3 is 10.2 Å². The van der Waals surface area contributed by atoms with Gasteiger partial charge in [0.05, 0.1) is 5.56 Å². The van der Waals surface area contributed by atoms with Gasteiger partial charge in [-0.15, -0.1) is 5.75 Å². The van der Waals surface area contributed by atoms with Crippen molar-refractivity contribution in [1.29, 1.82) is 0 Å². The fraction of sp³-hybridized carbons (Fsp3) is 0.632. The molecule has 0 saturated carbocycles. The van der Waals surface area contributed by atoms with Crippen LogP contribution in [0.15, 0.2) is 18.2 Å². The summed E-state index contributed by atoms with van der Waals surface area (Å²) in [4.78, 5) is 10.9. The summed E-state index contributed by atoms with van der Waals surface area (Å²) in [7, 11) is 0. The van der Waals surface area contributed by atoms with Crippen LogP contribution in [0.3, 0.4) is 0 Å². The molecule has 0 unspecified atom stereocenters. The van der Waals surface area contributed by atoms with E-state index in [2.05, 4.69) is 6.92 Å². The molecule has 0 saturated heterocycles. The molecule has 0 spiro atoms. The first-order valence-corrected chi connectivity index (χ1v) is 8.67. The van der Waals surface area contributed by atoms with Crippen molar-refractivity contribution in [3.8, 4) is 5.75 Å². The van der Waals surface area contributed by atoms with Crippen LogP contribution < -0.4 is 34.7 Å². The van der Waals surface area contributed by atoms with Crippen LogP contribution >= 0.6 is 0 Å². The van der Waals surface area contributed by atoms with Gasteiger partial charge in [0.25, 0.3) is 0 Å². The van der Waals surface area contributed by atoms with E-state index in [4.69, 9.17) is 5.11 Å². The van der Waals surface area contributed by atoms with E-state index in [1.165, 1.54) is 57.4 Å². The van der Waals surface area contributed by atoms with Crippen molar-refractivity contribution in [2.45, 2.75) is 77.6 Å². The summed E-state index contributed by atoms with van der Waals surface area (Å²) in [5.74, 6) is -1.23. The molecule has 124 valence electrons. The van der Waals surface area contributed by atoms with Gasteiger partial charge in [0.15, 0.2) is 0 Å². The van der Waals surface area contributed by atoms with Crippen molar-refractivity contribution in [1.82, 2.24) is 0 Å². The predicted octanol–water partition coefficient (Wildman–Crippen LogP) is 1.93. The Labute approximate surface area is 162 Å².